The summed E-state index contributed by atoms with van der Waals surface area (Å²) in [6, 6.07) is 3.64. The van der Waals surface area contributed by atoms with Crippen molar-refractivity contribution in [3.05, 3.63) is 41.6 Å². The molecule has 0 spiro atoms. The molecule has 0 radical (unpaired) electrons. The van der Waals surface area contributed by atoms with Crippen LogP contribution in [0.4, 0.5) is 0 Å². The summed E-state index contributed by atoms with van der Waals surface area (Å²) in [5.74, 6) is 0.341. The van der Waals surface area contributed by atoms with Crippen LogP contribution in [-0.4, -0.2) is 22.7 Å². The SMILES string of the molecule is C=CCc1c(O)ccc2[nH]c3c(c12)CCCC3CC(=O)OCC. The molecule has 0 saturated carbocycles. The van der Waals surface area contributed by atoms with E-state index < -0.39 is 0 Å². The van der Waals surface area contributed by atoms with E-state index in [2.05, 4.69) is 11.6 Å². The van der Waals surface area contributed by atoms with Gasteiger partial charge in [-0.1, -0.05) is 6.08 Å². The predicted octanol–water partition coefficient (Wildman–Crippen LogP) is 3.98. The number of aromatic hydroxyl groups is 1. The first-order valence-electron chi connectivity index (χ1n) is 8.27. The van der Waals surface area contributed by atoms with E-state index in [0.717, 1.165) is 41.4 Å². The first-order valence-corrected chi connectivity index (χ1v) is 8.27. The van der Waals surface area contributed by atoms with Crippen LogP contribution in [-0.2, 0) is 22.4 Å². The number of aromatic amines is 1. The van der Waals surface area contributed by atoms with Crippen LogP contribution in [0.25, 0.3) is 10.9 Å². The lowest BCUT2D eigenvalue weighted by Gasteiger charge is -2.22. The van der Waals surface area contributed by atoms with Crippen molar-refractivity contribution in [1.82, 2.24) is 4.98 Å². The lowest BCUT2D eigenvalue weighted by atomic mass is 9.84. The number of rotatable bonds is 5. The van der Waals surface area contributed by atoms with Crippen LogP contribution in [0.5, 0.6) is 5.75 Å². The molecular formula is C19H23NO3. The fourth-order valence-electron chi connectivity index (χ4n) is 3.69. The smallest absolute Gasteiger partial charge is 0.306 e. The number of hydrogen-bond acceptors (Lipinski definition) is 3. The molecule has 23 heavy (non-hydrogen) atoms. The zero-order valence-electron chi connectivity index (χ0n) is 13.5. The van der Waals surface area contributed by atoms with Crippen LogP contribution in [0.2, 0.25) is 0 Å². The van der Waals surface area contributed by atoms with E-state index in [1.165, 1.54) is 5.56 Å². The average Bonchev–Trinajstić information content (AvgIpc) is 2.90. The minimum absolute atomic E-state index is 0.141. The monoisotopic (exact) mass is 313 g/mol. The molecule has 3 rings (SSSR count). The maximum atomic E-state index is 11.9. The number of H-pyrrole nitrogens is 1. The first kappa shape index (κ1) is 15.7. The average molecular weight is 313 g/mol. The highest BCUT2D eigenvalue weighted by atomic mass is 16.5. The van der Waals surface area contributed by atoms with Gasteiger partial charge in [-0.3, -0.25) is 4.79 Å². The van der Waals surface area contributed by atoms with Crippen molar-refractivity contribution >= 4 is 16.9 Å². The summed E-state index contributed by atoms with van der Waals surface area (Å²) in [5.41, 5.74) is 4.33. The van der Waals surface area contributed by atoms with Crippen molar-refractivity contribution in [2.75, 3.05) is 6.61 Å². The highest BCUT2D eigenvalue weighted by Gasteiger charge is 2.28. The first-order chi connectivity index (χ1) is 11.2. The Morgan fingerprint density at radius 2 is 2.35 bits per heavy atom. The lowest BCUT2D eigenvalue weighted by molar-refractivity contribution is -0.143. The molecular weight excluding hydrogens is 290 g/mol. The van der Waals surface area contributed by atoms with Crippen LogP contribution in [0.1, 0.15) is 48.9 Å². The molecule has 1 aromatic heterocycles. The van der Waals surface area contributed by atoms with Gasteiger partial charge in [0.1, 0.15) is 5.75 Å². The Hall–Kier alpha value is -2.23. The Kier molecular flexibility index (Phi) is 4.42. The Balaban J connectivity index is 2.05. The number of fused-ring (bicyclic) bond motifs is 3. The molecule has 122 valence electrons. The van der Waals surface area contributed by atoms with Gasteiger partial charge in [0.2, 0.25) is 0 Å². The van der Waals surface area contributed by atoms with Crippen molar-refractivity contribution in [2.24, 2.45) is 0 Å². The van der Waals surface area contributed by atoms with Crippen molar-refractivity contribution in [3.8, 4) is 5.75 Å². The van der Waals surface area contributed by atoms with Gasteiger partial charge in [-0.2, -0.15) is 0 Å². The van der Waals surface area contributed by atoms with Crippen molar-refractivity contribution in [1.29, 1.82) is 0 Å². The third-order valence-electron chi connectivity index (χ3n) is 4.64. The summed E-state index contributed by atoms with van der Waals surface area (Å²) in [6.45, 7) is 6.04. The van der Waals surface area contributed by atoms with Crippen molar-refractivity contribution in [2.45, 2.75) is 44.9 Å². The number of esters is 1. The number of aromatic nitrogens is 1. The number of ether oxygens (including phenoxy) is 1. The zero-order chi connectivity index (χ0) is 16.4. The Morgan fingerprint density at radius 3 is 3.09 bits per heavy atom. The molecule has 0 fully saturated rings. The fraction of sp³-hybridized carbons (Fsp3) is 0.421. The van der Waals surface area contributed by atoms with E-state index >= 15 is 0 Å². The Labute approximate surface area is 136 Å². The summed E-state index contributed by atoms with van der Waals surface area (Å²) in [4.78, 5) is 15.4. The second-order valence-corrected chi connectivity index (χ2v) is 6.09. The van der Waals surface area contributed by atoms with Gasteiger partial charge in [-0.15, -0.1) is 6.58 Å². The summed E-state index contributed by atoms with van der Waals surface area (Å²) < 4.78 is 5.11. The van der Waals surface area contributed by atoms with Gasteiger partial charge in [0.15, 0.2) is 0 Å². The van der Waals surface area contributed by atoms with Crippen LogP contribution in [0, 0.1) is 0 Å². The number of allylic oxidation sites excluding steroid dienone is 1. The summed E-state index contributed by atoms with van der Waals surface area (Å²) in [7, 11) is 0. The number of phenolic OH excluding ortho intramolecular Hbond substituents is 1. The summed E-state index contributed by atoms with van der Waals surface area (Å²) in [6.07, 6.45) is 5.87. The molecule has 1 atom stereocenters. The molecule has 2 aromatic rings. The molecule has 0 amide bonds. The van der Waals surface area contributed by atoms with Gasteiger partial charge >= 0.3 is 5.97 Å². The predicted molar refractivity (Wildman–Crippen MR) is 90.8 cm³/mol. The molecule has 4 heteroatoms. The van der Waals surface area contributed by atoms with Gasteiger partial charge < -0.3 is 14.8 Å². The molecule has 1 heterocycles. The number of phenols is 1. The second-order valence-electron chi connectivity index (χ2n) is 6.09. The third-order valence-corrected chi connectivity index (χ3v) is 4.64. The van der Waals surface area contributed by atoms with Gasteiger partial charge in [-0.05, 0) is 50.3 Å². The van der Waals surface area contributed by atoms with Crippen LogP contribution in [0.15, 0.2) is 24.8 Å². The molecule has 1 aliphatic carbocycles. The van der Waals surface area contributed by atoms with Crippen molar-refractivity contribution < 1.29 is 14.6 Å². The number of carbonyl (C=O) groups excluding carboxylic acids is 1. The minimum Gasteiger partial charge on any atom is -0.508 e. The molecule has 1 unspecified atom stereocenters. The van der Waals surface area contributed by atoms with E-state index in [4.69, 9.17) is 4.74 Å². The van der Waals surface area contributed by atoms with Gasteiger partial charge in [0, 0.05) is 28.1 Å². The second kappa shape index (κ2) is 6.49. The van der Waals surface area contributed by atoms with E-state index in [1.807, 2.05) is 19.1 Å². The molecule has 1 aliphatic rings. The molecule has 0 saturated heterocycles. The number of hydrogen-bond donors (Lipinski definition) is 2. The number of nitrogens with one attached hydrogen (secondary N) is 1. The van der Waals surface area contributed by atoms with E-state index in [0.29, 0.717) is 25.2 Å². The minimum atomic E-state index is -0.141. The largest absolute Gasteiger partial charge is 0.508 e. The maximum Gasteiger partial charge on any atom is 0.306 e. The standard InChI is InChI=1S/C19H23NO3/c1-3-6-13-16(21)10-9-15-18(13)14-8-5-7-12(19(14)20-15)11-17(22)23-4-2/h3,9-10,12,20-21H,1,4-8,11H2,2H3. The topological polar surface area (TPSA) is 62.3 Å². The number of aryl methyl sites for hydroxylation is 1. The molecule has 2 N–H and O–H groups in total. The van der Waals surface area contributed by atoms with Crippen molar-refractivity contribution in [3.63, 3.8) is 0 Å². The van der Waals surface area contributed by atoms with Crippen LogP contribution >= 0.6 is 0 Å². The van der Waals surface area contributed by atoms with E-state index in [-0.39, 0.29) is 11.9 Å². The normalized spacial score (nSPS) is 17.0. The van der Waals surface area contributed by atoms with E-state index in [1.54, 1.807) is 6.07 Å². The molecule has 0 aliphatic heterocycles. The number of benzene rings is 1. The van der Waals surface area contributed by atoms with Gasteiger partial charge in [-0.25, -0.2) is 0 Å². The van der Waals surface area contributed by atoms with Gasteiger partial charge in [0.05, 0.1) is 13.0 Å². The molecule has 4 nitrogen and oxygen atoms in total. The maximum absolute atomic E-state index is 11.9. The third kappa shape index (κ3) is 2.85. The highest BCUT2D eigenvalue weighted by molar-refractivity contribution is 5.90. The highest BCUT2D eigenvalue weighted by Crippen LogP contribution is 2.41. The fourth-order valence-corrected chi connectivity index (χ4v) is 3.69. The molecule has 1 aromatic carbocycles. The lowest BCUT2D eigenvalue weighted by Crippen LogP contribution is -2.15. The quantitative estimate of drug-likeness (QED) is 0.648. The summed E-state index contributed by atoms with van der Waals surface area (Å²) in [5, 5.41) is 11.3. The Bertz CT molecular complexity index is 745. The number of carbonyl (C=O) groups is 1. The molecule has 0 bridgehead atoms. The van der Waals surface area contributed by atoms with Crippen LogP contribution in [0.3, 0.4) is 0 Å². The van der Waals surface area contributed by atoms with Crippen LogP contribution < -0.4 is 0 Å². The Morgan fingerprint density at radius 1 is 1.52 bits per heavy atom. The van der Waals surface area contributed by atoms with Gasteiger partial charge in [0.25, 0.3) is 0 Å². The summed E-state index contributed by atoms with van der Waals surface area (Å²) >= 11 is 0. The zero-order valence-corrected chi connectivity index (χ0v) is 13.5. The van der Waals surface area contributed by atoms with E-state index in [9.17, 15) is 9.90 Å².